The van der Waals surface area contributed by atoms with E-state index in [1.54, 1.807) is 18.2 Å². The molecule has 0 aromatic heterocycles. The number of rotatable bonds is 5. The maximum atomic E-state index is 12.7. The largest absolute Gasteiger partial charge is 0.454 e. The Labute approximate surface area is 169 Å². The Kier molecular flexibility index (Phi) is 5.84. The fourth-order valence-corrected chi connectivity index (χ4v) is 3.76. The SMILES string of the molecule is O=C(NCc1ccccc1)NC1CCCCC1NC(=O)c1ccc2c(c1)OCO2. The number of carbonyl (C=O) groups is 2. The lowest BCUT2D eigenvalue weighted by Gasteiger charge is -2.32. The number of benzene rings is 2. The number of carbonyl (C=O) groups excluding carboxylic acids is 2. The van der Waals surface area contributed by atoms with Crippen LogP contribution in [0.15, 0.2) is 48.5 Å². The molecule has 1 fully saturated rings. The Morgan fingerprint density at radius 3 is 2.41 bits per heavy atom. The molecule has 2 unspecified atom stereocenters. The number of hydrogen-bond donors (Lipinski definition) is 3. The Bertz CT molecular complexity index is 872. The van der Waals surface area contributed by atoms with E-state index in [4.69, 9.17) is 9.47 Å². The van der Waals surface area contributed by atoms with Gasteiger partial charge >= 0.3 is 6.03 Å². The van der Waals surface area contributed by atoms with E-state index in [0.717, 1.165) is 31.2 Å². The van der Waals surface area contributed by atoms with Gasteiger partial charge in [0.1, 0.15) is 0 Å². The van der Waals surface area contributed by atoms with Crippen LogP contribution in [-0.2, 0) is 6.54 Å². The van der Waals surface area contributed by atoms with Crippen molar-refractivity contribution in [2.45, 2.75) is 44.3 Å². The van der Waals surface area contributed by atoms with Gasteiger partial charge in [0.15, 0.2) is 11.5 Å². The molecule has 3 N–H and O–H groups in total. The molecule has 1 aliphatic carbocycles. The van der Waals surface area contributed by atoms with Crippen LogP contribution >= 0.6 is 0 Å². The van der Waals surface area contributed by atoms with Crippen molar-refractivity contribution in [1.82, 2.24) is 16.0 Å². The second-order valence-electron chi connectivity index (χ2n) is 7.35. The fraction of sp³-hybridized carbons (Fsp3) is 0.364. The molecule has 152 valence electrons. The van der Waals surface area contributed by atoms with E-state index in [9.17, 15) is 9.59 Å². The standard InChI is InChI=1S/C22H25N3O4/c26-21(16-10-11-19-20(12-16)29-14-28-19)24-17-8-4-5-9-18(17)25-22(27)23-13-15-6-2-1-3-7-15/h1-3,6-7,10-12,17-18H,4-5,8-9,13-14H2,(H,24,26)(H2,23,25,27). The number of ether oxygens (including phenoxy) is 2. The van der Waals surface area contributed by atoms with Crippen molar-refractivity contribution >= 4 is 11.9 Å². The van der Waals surface area contributed by atoms with E-state index < -0.39 is 0 Å². The third-order valence-electron chi connectivity index (χ3n) is 5.33. The molecule has 2 atom stereocenters. The maximum Gasteiger partial charge on any atom is 0.315 e. The Morgan fingerprint density at radius 2 is 1.62 bits per heavy atom. The third kappa shape index (κ3) is 4.80. The van der Waals surface area contributed by atoms with Gasteiger partial charge < -0.3 is 25.4 Å². The summed E-state index contributed by atoms with van der Waals surface area (Å²) in [6, 6.07) is 14.5. The summed E-state index contributed by atoms with van der Waals surface area (Å²) in [7, 11) is 0. The molecule has 4 rings (SSSR count). The number of hydrogen-bond acceptors (Lipinski definition) is 4. The molecule has 0 saturated heterocycles. The van der Waals surface area contributed by atoms with E-state index in [0.29, 0.717) is 23.6 Å². The highest BCUT2D eigenvalue weighted by Gasteiger charge is 2.28. The Morgan fingerprint density at radius 1 is 0.897 bits per heavy atom. The zero-order valence-corrected chi connectivity index (χ0v) is 16.1. The molecule has 2 aliphatic rings. The topological polar surface area (TPSA) is 88.7 Å². The summed E-state index contributed by atoms with van der Waals surface area (Å²) in [5, 5.41) is 8.99. The van der Waals surface area contributed by atoms with Crippen molar-refractivity contribution in [3.8, 4) is 11.5 Å². The van der Waals surface area contributed by atoms with Crippen LogP contribution in [0.25, 0.3) is 0 Å². The van der Waals surface area contributed by atoms with E-state index in [1.807, 2.05) is 30.3 Å². The molecule has 1 saturated carbocycles. The van der Waals surface area contributed by atoms with Gasteiger partial charge in [-0.15, -0.1) is 0 Å². The van der Waals surface area contributed by atoms with Crippen molar-refractivity contribution in [3.63, 3.8) is 0 Å². The molecular weight excluding hydrogens is 370 g/mol. The van der Waals surface area contributed by atoms with Crippen LogP contribution in [0, 0.1) is 0 Å². The first-order chi connectivity index (χ1) is 14.2. The van der Waals surface area contributed by atoms with Gasteiger partial charge in [0.25, 0.3) is 5.91 Å². The van der Waals surface area contributed by atoms with Crippen LogP contribution in [0.4, 0.5) is 4.79 Å². The van der Waals surface area contributed by atoms with E-state index in [-0.39, 0.29) is 30.8 Å². The summed E-state index contributed by atoms with van der Waals surface area (Å²) in [5.74, 6) is 1.05. The first-order valence-electron chi connectivity index (χ1n) is 9.98. The average Bonchev–Trinajstić information content (AvgIpc) is 3.22. The average molecular weight is 395 g/mol. The second kappa shape index (κ2) is 8.86. The zero-order chi connectivity index (χ0) is 20.1. The smallest absolute Gasteiger partial charge is 0.315 e. The maximum absolute atomic E-state index is 12.7. The molecule has 2 aromatic carbocycles. The van der Waals surface area contributed by atoms with Crippen molar-refractivity contribution in [2.24, 2.45) is 0 Å². The lowest BCUT2D eigenvalue weighted by molar-refractivity contribution is 0.0915. The molecule has 0 radical (unpaired) electrons. The number of amides is 3. The lowest BCUT2D eigenvalue weighted by Crippen LogP contribution is -2.55. The fourth-order valence-electron chi connectivity index (χ4n) is 3.76. The first kappa shape index (κ1) is 19.1. The molecule has 29 heavy (non-hydrogen) atoms. The minimum atomic E-state index is -0.219. The first-order valence-corrected chi connectivity index (χ1v) is 9.98. The summed E-state index contributed by atoms with van der Waals surface area (Å²) in [4.78, 5) is 25.1. The van der Waals surface area contributed by atoms with Crippen LogP contribution < -0.4 is 25.4 Å². The molecule has 7 nitrogen and oxygen atoms in total. The van der Waals surface area contributed by atoms with Gasteiger partial charge in [-0.05, 0) is 36.6 Å². The molecule has 0 bridgehead atoms. The molecule has 1 heterocycles. The quantitative estimate of drug-likeness (QED) is 0.726. The van der Waals surface area contributed by atoms with Gasteiger partial charge in [-0.3, -0.25) is 4.79 Å². The molecule has 7 heteroatoms. The van der Waals surface area contributed by atoms with Crippen LogP contribution in [0.2, 0.25) is 0 Å². The summed E-state index contributed by atoms with van der Waals surface area (Å²) in [6.45, 7) is 0.640. The van der Waals surface area contributed by atoms with Crippen LogP contribution in [-0.4, -0.2) is 30.8 Å². The molecule has 2 aromatic rings. The number of urea groups is 1. The molecule has 3 amide bonds. The lowest BCUT2D eigenvalue weighted by atomic mass is 9.90. The minimum Gasteiger partial charge on any atom is -0.454 e. The van der Waals surface area contributed by atoms with Gasteiger partial charge in [0, 0.05) is 18.2 Å². The Hall–Kier alpha value is -3.22. The molecule has 1 aliphatic heterocycles. The zero-order valence-electron chi connectivity index (χ0n) is 16.1. The van der Waals surface area contributed by atoms with Crippen molar-refractivity contribution in [3.05, 3.63) is 59.7 Å². The Balaban J connectivity index is 1.33. The van der Waals surface area contributed by atoms with Crippen molar-refractivity contribution in [2.75, 3.05) is 6.79 Å². The summed E-state index contributed by atoms with van der Waals surface area (Å²) >= 11 is 0. The summed E-state index contributed by atoms with van der Waals surface area (Å²) in [5.41, 5.74) is 1.56. The summed E-state index contributed by atoms with van der Waals surface area (Å²) in [6.07, 6.45) is 3.72. The normalized spacial score (nSPS) is 20.0. The van der Waals surface area contributed by atoms with Crippen LogP contribution in [0.3, 0.4) is 0 Å². The van der Waals surface area contributed by atoms with Crippen LogP contribution in [0.1, 0.15) is 41.6 Å². The highest BCUT2D eigenvalue weighted by Crippen LogP contribution is 2.32. The highest BCUT2D eigenvalue weighted by atomic mass is 16.7. The van der Waals surface area contributed by atoms with Gasteiger partial charge in [-0.2, -0.15) is 0 Å². The van der Waals surface area contributed by atoms with E-state index in [2.05, 4.69) is 16.0 Å². The highest BCUT2D eigenvalue weighted by molar-refractivity contribution is 5.95. The van der Waals surface area contributed by atoms with Gasteiger partial charge in [-0.1, -0.05) is 43.2 Å². The van der Waals surface area contributed by atoms with Crippen molar-refractivity contribution < 1.29 is 19.1 Å². The van der Waals surface area contributed by atoms with Crippen LogP contribution in [0.5, 0.6) is 11.5 Å². The monoisotopic (exact) mass is 395 g/mol. The minimum absolute atomic E-state index is 0.0996. The third-order valence-corrected chi connectivity index (χ3v) is 5.33. The summed E-state index contributed by atoms with van der Waals surface area (Å²) < 4.78 is 10.6. The van der Waals surface area contributed by atoms with Gasteiger partial charge in [0.2, 0.25) is 6.79 Å². The number of fused-ring (bicyclic) bond motifs is 1. The van der Waals surface area contributed by atoms with E-state index >= 15 is 0 Å². The van der Waals surface area contributed by atoms with E-state index in [1.165, 1.54) is 0 Å². The van der Waals surface area contributed by atoms with Crippen molar-refractivity contribution in [1.29, 1.82) is 0 Å². The number of nitrogens with one attached hydrogen (secondary N) is 3. The van der Waals surface area contributed by atoms with Gasteiger partial charge in [0.05, 0.1) is 6.04 Å². The second-order valence-corrected chi connectivity index (χ2v) is 7.35. The molecule has 0 spiro atoms. The predicted molar refractivity (Wildman–Crippen MR) is 108 cm³/mol. The van der Waals surface area contributed by atoms with Gasteiger partial charge in [-0.25, -0.2) is 4.79 Å². The predicted octanol–water partition coefficient (Wildman–Crippen LogP) is 2.96. The molecular formula is C22H25N3O4.